The fourth-order valence-electron chi connectivity index (χ4n) is 3.22. The van der Waals surface area contributed by atoms with Gasteiger partial charge in [-0.3, -0.25) is 9.59 Å². The van der Waals surface area contributed by atoms with Crippen LogP contribution < -0.4 is 11.1 Å². The molecule has 0 spiro atoms. The lowest BCUT2D eigenvalue weighted by atomic mass is 10.1. The van der Waals surface area contributed by atoms with Crippen LogP contribution in [-0.2, 0) is 11.2 Å². The normalized spacial score (nSPS) is 16.7. The van der Waals surface area contributed by atoms with Gasteiger partial charge in [-0.2, -0.15) is 0 Å². The van der Waals surface area contributed by atoms with E-state index in [1.54, 1.807) is 23.5 Å². The van der Waals surface area contributed by atoms with Gasteiger partial charge in [0.2, 0.25) is 5.91 Å². The molecule has 0 radical (unpaired) electrons. The van der Waals surface area contributed by atoms with Crippen molar-refractivity contribution in [1.82, 2.24) is 4.90 Å². The molecule has 5 nitrogen and oxygen atoms in total. The van der Waals surface area contributed by atoms with Crippen molar-refractivity contribution in [3.05, 3.63) is 52.2 Å². The van der Waals surface area contributed by atoms with E-state index in [2.05, 4.69) is 11.4 Å². The van der Waals surface area contributed by atoms with Crippen molar-refractivity contribution < 1.29 is 9.59 Å². The van der Waals surface area contributed by atoms with Gasteiger partial charge in [0.05, 0.1) is 0 Å². The van der Waals surface area contributed by atoms with Crippen LogP contribution in [0.2, 0.25) is 0 Å². The third-order valence-corrected chi connectivity index (χ3v) is 5.64. The third kappa shape index (κ3) is 4.93. The van der Waals surface area contributed by atoms with E-state index in [9.17, 15) is 9.59 Å². The number of rotatable bonds is 7. The Bertz CT molecular complexity index is 745. The van der Waals surface area contributed by atoms with Crippen molar-refractivity contribution in [3.8, 4) is 0 Å². The first-order valence-corrected chi connectivity index (χ1v) is 9.95. The number of aryl methyl sites for hydroxylation is 1. The minimum Gasteiger partial charge on any atom is -0.338 e. The zero-order chi connectivity index (χ0) is 18.4. The molecule has 3 N–H and O–H groups in total. The molecule has 3 rings (SSSR count). The van der Waals surface area contributed by atoms with Gasteiger partial charge in [-0.05, 0) is 61.4 Å². The van der Waals surface area contributed by atoms with Crippen molar-refractivity contribution in [2.75, 3.05) is 25.0 Å². The first kappa shape index (κ1) is 18.6. The molecule has 0 bridgehead atoms. The Morgan fingerprint density at radius 1 is 1.27 bits per heavy atom. The lowest BCUT2D eigenvalue weighted by Crippen LogP contribution is -2.29. The zero-order valence-electron chi connectivity index (χ0n) is 14.8. The maximum Gasteiger partial charge on any atom is 0.253 e. The zero-order valence-corrected chi connectivity index (χ0v) is 15.6. The minimum absolute atomic E-state index is 0.00902. The highest BCUT2D eigenvalue weighted by Gasteiger charge is 2.26. The summed E-state index contributed by atoms with van der Waals surface area (Å²) in [6, 6.07) is 11.3. The van der Waals surface area contributed by atoms with Crippen LogP contribution in [0.5, 0.6) is 0 Å². The Balaban J connectivity index is 1.52. The van der Waals surface area contributed by atoms with E-state index in [1.165, 1.54) is 4.88 Å². The van der Waals surface area contributed by atoms with E-state index < -0.39 is 0 Å². The van der Waals surface area contributed by atoms with Crippen LogP contribution in [0.25, 0.3) is 0 Å². The molecule has 6 heteroatoms. The lowest BCUT2D eigenvalue weighted by molar-refractivity contribution is -0.116. The monoisotopic (exact) mass is 371 g/mol. The number of carbonyl (C=O) groups excluding carboxylic acids is 2. The van der Waals surface area contributed by atoms with Gasteiger partial charge in [0.1, 0.15) is 0 Å². The molecule has 1 aliphatic heterocycles. The molecule has 0 aliphatic carbocycles. The number of hydrogen-bond donors (Lipinski definition) is 2. The van der Waals surface area contributed by atoms with Crippen LogP contribution in [0.3, 0.4) is 0 Å². The highest BCUT2D eigenvalue weighted by atomic mass is 32.1. The summed E-state index contributed by atoms with van der Waals surface area (Å²) in [4.78, 5) is 27.9. The molecule has 26 heavy (non-hydrogen) atoms. The second kappa shape index (κ2) is 8.96. The first-order chi connectivity index (χ1) is 12.7. The van der Waals surface area contributed by atoms with E-state index in [1.807, 2.05) is 28.5 Å². The topological polar surface area (TPSA) is 75.4 Å². The highest BCUT2D eigenvalue weighted by Crippen LogP contribution is 2.20. The predicted octanol–water partition coefficient (Wildman–Crippen LogP) is 3.13. The maximum absolute atomic E-state index is 12.6. The summed E-state index contributed by atoms with van der Waals surface area (Å²) < 4.78 is 0. The van der Waals surface area contributed by atoms with E-state index in [0.29, 0.717) is 36.7 Å². The SMILES string of the molecule is NCC1CCN(C(=O)c2cccc(NC(=O)CCCc3cccs3)c2)C1. The van der Waals surface area contributed by atoms with Gasteiger partial charge in [0, 0.05) is 35.6 Å². The van der Waals surface area contributed by atoms with Crippen LogP contribution >= 0.6 is 11.3 Å². The predicted molar refractivity (Wildman–Crippen MR) is 105 cm³/mol. The number of thiophene rings is 1. The highest BCUT2D eigenvalue weighted by molar-refractivity contribution is 7.09. The number of nitrogens with two attached hydrogens (primary N) is 1. The van der Waals surface area contributed by atoms with Gasteiger partial charge in [0.25, 0.3) is 5.91 Å². The Morgan fingerprint density at radius 2 is 2.15 bits per heavy atom. The second-order valence-corrected chi connectivity index (χ2v) is 7.74. The van der Waals surface area contributed by atoms with Crippen LogP contribution in [0.15, 0.2) is 41.8 Å². The number of amides is 2. The molecule has 1 aliphatic rings. The molecule has 2 aromatic rings. The smallest absolute Gasteiger partial charge is 0.253 e. The molecule has 1 aromatic carbocycles. The Labute approximate surface area is 158 Å². The molecular formula is C20H25N3O2S. The van der Waals surface area contributed by atoms with Crippen molar-refractivity contribution in [2.24, 2.45) is 11.7 Å². The molecule has 1 atom stereocenters. The van der Waals surface area contributed by atoms with Crippen LogP contribution in [0, 0.1) is 5.92 Å². The van der Waals surface area contributed by atoms with Crippen LogP contribution in [-0.4, -0.2) is 36.3 Å². The van der Waals surface area contributed by atoms with Crippen molar-refractivity contribution in [1.29, 1.82) is 0 Å². The molecule has 1 unspecified atom stereocenters. The molecule has 2 heterocycles. The molecular weight excluding hydrogens is 346 g/mol. The van der Waals surface area contributed by atoms with Gasteiger partial charge < -0.3 is 16.0 Å². The summed E-state index contributed by atoms with van der Waals surface area (Å²) >= 11 is 1.72. The summed E-state index contributed by atoms with van der Waals surface area (Å²) in [5.74, 6) is 0.385. The van der Waals surface area contributed by atoms with E-state index in [4.69, 9.17) is 5.73 Å². The lowest BCUT2D eigenvalue weighted by Gasteiger charge is -2.17. The van der Waals surface area contributed by atoms with E-state index in [0.717, 1.165) is 25.8 Å². The number of likely N-dealkylation sites (tertiary alicyclic amines) is 1. The van der Waals surface area contributed by atoms with Crippen molar-refractivity contribution in [3.63, 3.8) is 0 Å². The Morgan fingerprint density at radius 3 is 2.88 bits per heavy atom. The molecule has 0 saturated carbocycles. The van der Waals surface area contributed by atoms with Gasteiger partial charge in [-0.1, -0.05) is 12.1 Å². The number of nitrogens with one attached hydrogen (secondary N) is 1. The minimum atomic E-state index is -0.0180. The standard InChI is InChI=1S/C20H25N3O2S/c21-13-15-9-10-23(14-15)20(25)16-4-1-5-17(12-16)22-19(24)8-2-6-18-7-3-11-26-18/h1,3-5,7,11-12,15H,2,6,8-10,13-14,21H2,(H,22,24). The summed E-state index contributed by atoms with van der Waals surface area (Å²) in [5, 5.41) is 4.95. The maximum atomic E-state index is 12.6. The van der Waals surface area contributed by atoms with Crippen LogP contribution in [0.1, 0.15) is 34.5 Å². The van der Waals surface area contributed by atoms with E-state index >= 15 is 0 Å². The quantitative estimate of drug-likeness (QED) is 0.785. The van der Waals surface area contributed by atoms with Gasteiger partial charge in [0.15, 0.2) is 0 Å². The van der Waals surface area contributed by atoms with Gasteiger partial charge >= 0.3 is 0 Å². The summed E-state index contributed by atoms with van der Waals surface area (Å²) in [6.45, 7) is 2.08. The molecule has 1 saturated heterocycles. The van der Waals surface area contributed by atoms with Crippen molar-refractivity contribution in [2.45, 2.75) is 25.7 Å². The summed E-state index contributed by atoms with van der Waals surface area (Å²) in [5.41, 5.74) is 6.98. The molecule has 1 fully saturated rings. The number of nitrogens with zero attached hydrogens (tertiary/aromatic N) is 1. The van der Waals surface area contributed by atoms with E-state index in [-0.39, 0.29) is 11.8 Å². The number of hydrogen-bond acceptors (Lipinski definition) is 4. The first-order valence-electron chi connectivity index (χ1n) is 9.07. The largest absolute Gasteiger partial charge is 0.338 e. The fourth-order valence-corrected chi connectivity index (χ4v) is 3.97. The molecule has 138 valence electrons. The van der Waals surface area contributed by atoms with Crippen molar-refractivity contribution >= 4 is 28.8 Å². The molecule has 1 aromatic heterocycles. The van der Waals surface area contributed by atoms with Gasteiger partial charge in [-0.25, -0.2) is 0 Å². The average molecular weight is 372 g/mol. The van der Waals surface area contributed by atoms with Crippen LogP contribution in [0.4, 0.5) is 5.69 Å². The number of benzene rings is 1. The fraction of sp³-hybridized carbons (Fsp3) is 0.400. The summed E-state index contributed by atoms with van der Waals surface area (Å²) in [7, 11) is 0. The summed E-state index contributed by atoms with van der Waals surface area (Å²) in [6.07, 6.45) is 3.17. The average Bonchev–Trinajstić information content (AvgIpc) is 3.33. The number of anilines is 1. The van der Waals surface area contributed by atoms with Gasteiger partial charge in [-0.15, -0.1) is 11.3 Å². The third-order valence-electron chi connectivity index (χ3n) is 4.71. The Kier molecular flexibility index (Phi) is 6.41. The number of carbonyl (C=O) groups is 2. The molecule has 2 amide bonds. The second-order valence-electron chi connectivity index (χ2n) is 6.70. The Hall–Kier alpha value is -2.18.